The summed E-state index contributed by atoms with van der Waals surface area (Å²) >= 11 is 0. The predicted octanol–water partition coefficient (Wildman–Crippen LogP) is 1.96. The lowest BCUT2D eigenvalue weighted by molar-refractivity contribution is 0.103. The van der Waals surface area contributed by atoms with E-state index in [0.717, 1.165) is 32.4 Å². The normalized spacial score (nSPS) is 15.2. The number of H-pyrrole nitrogens is 1. The van der Waals surface area contributed by atoms with Gasteiger partial charge in [-0.3, -0.25) is 19.4 Å². The number of hydrogen-bond donors (Lipinski definition) is 1. The van der Waals surface area contributed by atoms with Gasteiger partial charge in [0, 0.05) is 37.7 Å². The number of anilines is 1. The van der Waals surface area contributed by atoms with Gasteiger partial charge in [-0.15, -0.1) is 0 Å². The predicted molar refractivity (Wildman–Crippen MR) is 105 cm³/mol. The van der Waals surface area contributed by atoms with E-state index in [1.807, 2.05) is 4.90 Å². The highest BCUT2D eigenvalue weighted by Gasteiger charge is 2.27. The number of nitrogens with zero attached hydrogens (tertiary/aromatic N) is 2. The lowest BCUT2D eigenvalue weighted by Gasteiger charge is -2.32. The lowest BCUT2D eigenvalue weighted by atomic mass is 9.97. The fourth-order valence-electron chi connectivity index (χ4n) is 3.82. The maximum atomic E-state index is 13.1. The molecular weight excluding hydrogens is 366 g/mol. The van der Waals surface area contributed by atoms with Crippen molar-refractivity contribution in [3.63, 3.8) is 0 Å². The molecule has 0 saturated carbocycles. The van der Waals surface area contributed by atoms with Crippen LogP contribution in [0.5, 0.6) is 0 Å². The number of aromatic amines is 1. The Kier molecular flexibility index (Phi) is 5.03. The second-order valence-corrected chi connectivity index (χ2v) is 9.19. The molecule has 7 nitrogen and oxygen atoms in total. The molecule has 0 amide bonds. The molecule has 1 N–H and O–H groups in total. The summed E-state index contributed by atoms with van der Waals surface area (Å²) in [7, 11) is -1.89. The molecule has 1 aliphatic heterocycles. The summed E-state index contributed by atoms with van der Waals surface area (Å²) in [6, 6.07) is 3.01. The van der Waals surface area contributed by atoms with E-state index < -0.39 is 9.84 Å². The van der Waals surface area contributed by atoms with Crippen molar-refractivity contribution in [1.29, 1.82) is 0 Å². The molecule has 0 bridgehead atoms. The molecule has 27 heavy (non-hydrogen) atoms. The zero-order chi connectivity index (χ0) is 19.9. The minimum Gasteiger partial charge on any atom is -0.370 e. The zero-order valence-corrected chi connectivity index (χ0v) is 16.9. The van der Waals surface area contributed by atoms with Crippen LogP contribution in [0.15, 0.2) is 21.8 Å². The smallest absolute Gasteiger partial charge is 0.277 e. The maximum absolute atomic E-state index is 13.1. The molecule has 0 unspecified atom stereocenters. The second kappa shape index (κ2) is 6.99. The summed E-state index contributed by atoms with van der Waals surface area (Å²) in [5.74, 6) is -0.384. The number of rotatable bonds is 4. The van der Waals surface area contributed by atoms with E-state index in [4.69, 9.17) is 0 Å². The number of carbonyl (C=O) groups is 1. The number of aryl methyl sites for hydroxylation is 2. The number of aromatic nitrogens is 2. The molecule has 2 heterocycles. The van der Waals surface area contributed by atoms with E-state index in [-0.39, 0.29) is 21.8 Å². The molecule has 0 spiro atoms. The quantitative estimate of drug-likeness (QED) is 0.805. The standard InChI is InChI=1S/C19H25N3O4S/c1-12-14(18(23)16-13(2)20-21(3)19(16)24)8-9-15(27(4,25)26)17(12)22-10-6-5-7-11-22/h8-9,20H,5-7,10-11H2,1-4H3. The number of benzene rings is 1. The van der Waals surface area contributed by atoms with Gasteiger partial charge in [0.1, 0.15) is 5.56 Å². The molecule has 1 fully saturated rings. The molecule has 1 aliphatic rings. The number of sulfone groups is 1. The molecule has 3 rings (SSSR count). The number of hydrogen-bond acceptors (Lipinski definition) is 5. The highest BCUT2D eigenvalue weighted by atomic mass is 32.2. The van der Waals surface area contributed by atoms with Crippen molar-refractivity contribution in [2.75, 3.05) is 24.2 Å². The summed E-state index contributed by atoms with van der Waals surface area (Å²) in [5.41, 5.74) is 1.77. The van der Waals surface area contributed by atoms with Crippen LogP contribution in [0.2, 0.25) is 0 Å². The number of piperidine rings is 1. The monoisotopic (exact) mass is 391 g/mol. The molecule has 1 saturated heterocycles. The Morgan fingerprint density at radius 3 is 2.26 bits per heavy atom. The van der Waals surface area contributed by atoms with Crippen LogP contribution < -0.4 is 10.5 Å². The van der Waals surface area contributed by atoms with E-state index in [1.54, 1.807) is 20.9 Å². The number of nitrogens with one attached hydrogen (secondary N) is 1. The Hall–Kier alpha value is -2.35. The van der Waals surface area contributed by atoms with Gasteiger partial charge in [-0.1, -0.05) is 0 Å². The first-order valence-electron chi connectivity index (χ1n) is 9.02. The van der Waals surface area contributed by atoms with Crippen LogP contribution in [0.4, 0.5) is 5.69 Å². The van der Waals surface area contributed by atoms with E-state index in [1.165, 1.54) is 23.1 Å². The molecule has 2 aromatic rings. The topological polar surface area (TPSA) is 92.2 Å². The van der Waals surface area contributed by atoms with Crippen LogP contribution in [0.3, 0.4) is 0 Å². The van der Waals surface area contributed by atoms with Gasteiger partial charge in [-0.2, -0.15) is 0 Å². The first kappa shape index (κ1) is 19.4. The Morgan fingerprint density at radius 2 is 1.74 bits per heavy atom. The average molecular weight is 391 g/mol. The molecular formula is C19H25N3O4S. The van der Waals surface area contributed by atoms with E-state index in [0.29, 0.717) is 22.5 Å². The van der Waals surface area contributed by atoms with E-state index >= 15 is 0 Å². The highest BCUT2D eigenvalue weighted by Crippen LogP contribution is 2.34. The molecule has 1 aromatic carbocycles. The van der Waals surface area contributed by atoms with Crippen LogP contribution in [0, 0.1) is 13.8 Å². The Morgan fingerprint density at radius 1 is 1.11 bits per heavy atom. The van der Waals surface area contributed by atoms with E-state index in [2.05, 4.69) is 5.10 Å². The van der Waals surface area contributed by atoms with Gasteiger partial charge in [0.15, 0.2) is 9.84 Å². The Balaban J connectivity index is 2.21. The Bertz CT molecular complexity index is 1060. The van der Waals surface area contributed by atoms with Crippen molar-refractivity contribution in [1.82, 2.24) is 9.78 Å². The Labute approximate surface area is 158 Å². The summed E-state index contributed by atoms with van der Waals surface area (Å²) in [4.78, 5) is 27.7. The molecule has 1 aromatic heterocycles. The first-order chi connectivity index (χ1) is 12.6. The fraction of sp³-hybridized carbons (Fsp3) is 0.474. The van der Waals surface area contributed by atoms with Crippen molar-refractivity contribution >= 4 is 21.3 Å². The molecule has 0 radical (unpaired) electrons. The van der Waals surface area contributed by atoms with E-state index in [9.17, 15) is 18.0 Å². The van der Waals surface area contributed by atoms with Gasteiger partial charge >= 0.3 is 0 Å². The highest BCUT2D eigenvalue weighted by molar-refractivity contribution is 7.90. The minimum absolute atomic E-state index is 0.0947. The van der Waals surface area contributed by atoms with Gasteiger partial charge < -0.3 is 4.90 Å². The lowest BCUT2D eigenvalue weighted by Crippen LogP contribution is -2.32. The molecule has 0 aliphatic carbocycles. The SMILES string of the molecule is Cc1[nH]n(C)c(=O)c1C(=O)c1ccc(S(C)(=O)=O)c(N2CCCCC2)c1C. The third-order valence-corrected chi connectivity index (χ3v) is 6.29. The second-order valence-electron chi connectivity index (χ2n) is 7.21. The summed E-state index contributed by atoms with van der Waals surface area (Å²) in [6.07, 6.45) is 4.26. The molecule has 0 atom stereocenters. The van der Waals surface area contributed by atoms with Crippen LogP contribution in [0.25, 0.3) is 0 Å². The third-order valence-electron chi connectivity index (χ3n) is 5.17. The van der Waals surface area contributed by atoms with Crippen molar-refractivity contribution in [3.8, 4) is 0 Å². The van der Waals surface area contributed by atoms with Gasteiger partial charge in [0.2, 0.25) is 5.78 Å². The van der Waals surface area contributed by atoms with Crippen LogP contribution in [-0.4, -0.2) is 43.3 Å². The third kappa shape index (κ3) is 3.45. The van der Waals surface area contributed by atoms with Crippen LogP contribution in [0.1, 0.15) is 46.4 Å². The zero-order valence-electron chi connectivity index (χ0n) is 16.1. The van der Waals surface area contributed by atoms with Gasteiger partial charge in [-0.25, -0.2) is 8.42 Å². The largest absolute Gasteiger partial charge is 0.370 e. The van der Waals surface area contributed by atoms with Gasteiger partial charge in [-0.05, 0) is 50.8 Å². The number of ketones is 1. The summed E-state index contributed by atoms with van der Waals surface area (Å²) in [5, 5.41) is 2.84. The number of carbonyl (C=O) groups excluding carboxylic acids is 1. The van der Waals surface area contributed by atoms with Crippen LogP contribution in [-0.2, 0) is 16.9 Å². The maximum Gasteiger partial charge on any atom is 0.277 e. The fourth-order valence-corrected chi connectivity index (χ4v) is 4.77. The van der Waals surface area contributed by atoms with Crippen molar-refractivity contribution in [2.24, 2.45) is 7.05 Å². The minimum atomic E-state index is -3.45. The summed E-state index contributed by atoms with van der Waals surface area (Å²) < 4.78 is 26.0. The van der Waals surface area contributed by atoms with Gasteiger partial charge in [0.25, 0.3) is 5.56 Å². The first-order valence-corrected chi connectivity index (χ1v) is 10.9. The van der Waals surface area contributed by atoms with Crippen LogP contribution >= 0.6 is 0 Å². The molecule has 146 valence electrons. The van der Waals surface area contributed by atoms with Crippen molar-refractivity contribution in [2.45, 2.75) is 38.0 Å². The average Bonchev–Trinajstić information content (AvgIpc) is 2.86. The van der Waals surface area contributed by atoms with Gasteiger partial charge in [0.05, 0.1) is 10.6 Å². The van der Waals surface area contributed by atoms with Crippen molar-refractivity contribution in [3.05, 3.63) is 44.9 Å². The summed E-state index contributed by atoms with van der Waals surface area (Å²) in [6.45, 7) is 4.95. The molecule has 8 heteroatoms. The van der Waals surface area contributed by atoms with Crippen molar-refractivity contribution < 1.29 is 13.2 Å².